The van der Waals surface area contributed by atoms with Gasteiger partial charge in [-0.05, 0) is 66.8 Å². The highest BCUT2D eigenvalue weighted by Gasteiger charge is 2.26. The number of carbonyl (C=O) groups excluding carboxylic acids is 1. The predicted octanol–water partition coefficient (Wildman–Crippen LogP) is 4.58. The number of likely N-dealkylation sites (tertiary alicyclic amines) is 1. The molecule has 6 nitrogen and oxygen atoms in total. The molecule has 4 heterocycles. The van der Waals surface area contributed by atoms with E-state index in [0.717, 1.165) is 29.5 Å². The highest BCUT2D eigenvalue weighted by atomic mass is 16.2. The first-order valence-corrected chi connectivity index (χ1v) is 10.9. The van der Waals surface area contributed by atoms with Crippen molar-refractivity contribution in [3.05, 3.63) is 88.3 Å². The Morgan fingerprint density at radius 1 is 0.938 bits per heavy atom. The average Bonchev–Trinajstić information content (AvgIpc) is 3.28. The maximum absolute atomic E-state index is 13.2. The van der Waals surface area contributed by atoms with Gasteiger partial charge < -0.3 is 14.9 Å². The summed E-state index contributed by atoms with van der Waals surface area (Å²) in [5.41, 5.74) is 4.26. The fourth-order valence-corrected chi connectivity index (χ4v) is 4.95. The minimum Gasteiger partial charge on any atom is -0.354 e. The first kappa shape index (κ1) is 18.8. The number of aromatic nitrogens is 3. The monoisotopic (exact) mass is 422 g/mol. The van der Waals surface area contributed by atoms with Crippen LogP contribution in [0.1, 0.15) is 34.7 Å². The van der Waals surface area contributed by atoms with Crippen molar-refractivity contribution in [1.82, 2.24) is 19.9 Å². The summed E-state index contributed by atoms with van der Waals surface area (Å²) in [5.74, 6) is 0.390. The molecule has 1 amide bonds. The van der Waals surface area contributed by atoms with Crippen molar-refractivity contribution in [1.29, 1.82) is 0 Å². The summed E-state index contributed by atoms with van der Waals surface area (Å²) in [7, 11) is 0. The highest BCUT2D eigenvalue weighted by Crippen LogP contribution is 2.33. The lowest BCUT2D eigenvalue weighted by molar-refractivity contribution is 0.0713. The van der Waals surface area contributed by atoms with E-state index in [1.165, 1.54) is 10.9 Å². The summed E-state index contributed by atoms with van der Waals surface area (Å²) >= 11 is 0. The molecule has 0 bridgehead atoms. The molecule has 6 rings (SSSR count). The molecule has 5 aromatic rings. The normalized spacial score (nSPS) is 15.1. The second-order valence-electron chi connectivity index (χ2n) is 8.47. The Bertz CT molecular complexity index is 1540. The molecule has 0 saturated carbocycles. The Balaban J connectivity index is 1.25. The number of fused-ring (bicyclic) bond motifs is 3. The number of pyridine rings is 2. The molecule has 0 aliphatic carbocycles. The highest BCUT2D eigenvalue weighted by molar-refractivity contribution is 6.00. The number of para-hydroxylation sites is 1. The zero-order valence-corrected chi connectivity index (χ0v) is 17.5. The standard InChI is InChI=1S/C26H22N4O2/c31-24-19-4-1-2-6-22(19)29-23-8-7-17(14-20(23)24)26(32)30-12-9-16(10-13-30)21-15-28-25-18(21)5-3-11-27-25/h1-8,11,14-16H,9-10,12-13H2,(H,27,28)(H,29,31). The number of piperidine rings is 1. The van der Waals surface area contributed by atoms with E-state index in [2.05, 4.69) is 27.2 Å². The number of amides is 1. The molecule has 0 atom stereocenters. The maximum Gasteiger partial charge on any atom is 0.253 e. The van der Waals surface area contributed by atoms with E-state index in [9.17, 15) is 9.59 Å². The largest absolute Gasteiger partial charge is 0.354 e. The van der Waals surface area contributed by atoms with Gasteiger partial charge in [-0.3, -0.25) is 9.59 Å². The van der Waals surface area contributed by atoms with Crippen LogP contribution < -0.4 is 5.43 Å². The number of carbonyl (C=O) groups is 1. The summed E-state index contributed by atoms with van der Waals surface area (Å²) in [5, 5.41) is 2.35. The van der Waals surface area contributed by atoms with Crippen LogP contribution in [0.4, 0.5) is 0 Å². The Kier molecular flexibility index (Phi) is 4.31. The number of rotatable bonds is 2. The molecule has 2 N–H and O–H groups in total. The van der Waals surface area contributed by atoms with Gasteiger partial charge in [-0.2, -0.15) is 0 Å². The van der Waals surface area contributed by atoms with Crippen molar-refractivity contribution in [3.63, 3.8) is 0 Å². The Labute approximate surface area is 183 Å². The fraction of sp³-hybridized carbons (Fsp3) is 0.192. The molecule has 1 aliphatic rings. The molecular formula is C26H22N4O2. The van der Waals surface area contributed by atoms with E-state index in [1.54, 1.807) is 12.3 Å². The lowest BCUT2D eigenvalue weighted by Crippen LogP contribution is -2.37. The van der Waals surface area contributed by atoms with Gasteiger partial charge >= 0.3 is 0 Å². The Hall–Kier alpha value is -3.93. The van der Waals surface area contributed by atoms with Crippen LogP contribution >= 0.6 is 0 Å². The summed E-state index contributed by atoms with van der Waals surface area (Å²) in [6.45, 7) is 1.39. The van der Waals surface area contributed by atoms with Gasteiger partial charge in [0.2, 0.25) is 0 Å². The van der Waals surface area contributed by atoms with Gasteiger partial charge in [-0.15, -0.1) is 0 Å². The summed E-state index contributed by atoms with van der Waals surface area (Å²) in [6, 6.07) is 16.9. The molecule has 1 aliphatic heterocycles. The third-order valence-corrected chi connectivity index (χ3v) is 6.66. The predicted molar refractivity (Wildman–Crippen MR) is 126 cm³/mol. The Morgan fingerprint density at radius 3 is 2.59 bits per heavy atom. The van der Waals surface area contributed by atoms with Crippen LogP contribution in [-0.4, -0.2) is 38.8 Å². The van der Waals surface area contributed by atoms with Crippen LogP contribution in [0.25, 0.3) is 32.8 Å². The second kappa shape index (κ2) is 7.34. The quantitative estimate of drug-likeness (QED) is 0.409. The van der Waals surface area contributed by atoms with Crippen LogP contribution in [-0.2, 0) is 0 Å². The van der Waals surface area contributed by atoms with Gasteiger partial charge in [0.1, 0.15) is 5.65 Å². The zero-order valence-electron chi connectivity index (χ0n) is 17.5. The van der Waals surface area contributed by atoms with Crippen LogP contribution in [0.15, 0.2) is 71.8 Å². The fourth-order valence-electron chi connectivity index (χ4n) is 4.95. The molecule has 0 radical (unpaired) electrons. The maximum atomic E-state index is 13.2. The van der Waals surface area contributed by atoms with Gasteiger partial charge in [0, 0.05) is 58.2 Å². The average molecular weight is 422 g/mol. The van der Waals surface area contributed by atoms with E-state index in [1.807, 2.05) is 47.4 Å². The van der Waals surface area contributed by atoms with Gasteiger partial charge in [0.15, 0.2) is 5.43 Å². The SMILES string of the molecule is O=C(c1ccc2[nH]c3ccccc3c(=O)c2c1)N1CCC(c2c[nH]c3ncccc23)CC1. The summed E-state index contributed by atoms with van der Waals surface area (Å²) in [6.07, 6.45) is 5.67. The first-order chi connectivity index (χ1) is 15.7. The van der Waals surface area contributed by atoms with Crippen molar-refractivity contribution in [2.75, 3.05) is 13.1 Å². The number of hydrogen-bond donors (Lipinski definition) is 2. The molecule has 158 valence electrons. The van der Waals surface area contributed by atoms with E-state index in [0.29, 0.717) is 35.3 Å². The summed E-state index contributed by atoms with van der Waals surface area (Å²) < 4.78 is 0. The van der Waals surface area contributed by atoms with E-state index in [4.69, 9.17) is 0 Å². The van der Waals surface area contributed by atoms with Crippen molar-refractivity contribution >= 4 is 38.7 Å². The van der Waals surface area contributed by atoms with Gasteiger partial charge in [0.05, 0.1) is 0 Å². The molecule has 0 unspecified atom stereocenters. The van der Waals surface area contributed by atoms with E-state index >= 15 is 0 Å². The molecule has 1 fully saturated rings. The van der Waals surface area contributed by atoms with Crippen LogP contribution in [0.2, 0.25) is 0 Å². The van der Waals surface area contributed by atoms with Crippen LogP contribution in [0.5, 0.6) is 0 Å². The number of aromatic amines is 2. The topological polar surface area (TPSA) is 81.9 Å². The first-order valence-electron chi connectivity index (χ1n) is 10.9. The zero-order chi connectivity index (χ0) is 21.7. The number of nitrogens with zero attached hydrogens (tertiary/aromatic N) is 2. The van der Waals surface area contributed by atoms with Gasteiger partial charge in [-0.1, -0.05) is 12.1 Å². The minimum atomic E-state index is -0.0457. The lowest BCUT2D eigenvalue weighted by atomic mass is 9.89. The van der Waals surface area contributed by atoms with Crippen LogP contribution in [0, 0.1) is 0 Å². The van der Waals surface area contributed by atoms with Crippen molar-refractivity contribution in [3.8, 4) is 0 Å². The number of benzene rings is 2. The van der Waals surface area contributed by atoms with E-state index < -0.39 is 0 Å². The molecule has 2 aromatic carbocycles. The van der Waals surface area contributed by atoms with Gasteiger partial charge in [-0.25, -0.2) is 4.98 Å². The van der Waals surface area contributed by atoms with Crippen molar-refractivity contribution < 1.29 is 4.79 Å². The Morgan fingerprint density at radius 2 is 1.72 bits per heavy atom. The molecule has 1 saturated heterocycles. The molecule has 32 heavy (non-hydrogen) atoms. The third-order valence-electron chi connectivity index (χ3n) is 6.66. The number of H-pyrrole nitrogens is 2. The number of hydrogen-bond acceptors (Lipinski definition) is 3. The third kappa shape index (κ3) is 2.99. The lowest BCUT2D eigenvalue weighted by Gasteiger charge is -2.32. The molecule has 6 heteroatoms. The second-order valence-corrected chi connectivity index (χ2v) is 8.47. The number of nitrogens with one attached hydrogen (secondary N) is 2. The van der Waals surface area contributed by atoms with Gasteiger partial charge in [0.25, 0.3) is 5.91 Å². The van der Waals surface area contributed by atoms with Crippen molar-refractivity contribution in [2.24, 2.45) is 0 Å². The van der Waals surface area contributed by atoms with Crippen molar-refractivity contribution in [2.45, 2.75) is 18.8 Å². The molecule has 0 spiro atoms. The summed E-state index contributed by atoms with van der Waals surface area (Å²) in [4.78, 5) is 39.0. The minimum absolute atomic E-state index is 0.0153. The molecule has 3 aromatic heterocycles. The molecular weight excluding hydrogens is 400 g/mol. The smallest absolute Gasteiger partial charge is 0.253 e. The van der Waals surface area contributed by atoms with Crippen LogP contribution in [0.3, 0.4) is 0 Å². The van der Waals surface area contributed by atoms with E-state index in [-0.39, 0.29) is 11.3 Å².